The molecular formula is C17H16ClN3OS. The molecule has 0 N–H and O–H groups in total. The minimum Gasteiger partial charge on any atom is -0.443 e. The predicted molar refractivity (Wildman–Crippen MR) is 97.7 cm³/mol. The SMILES string of the molecule is Cc1cc(Oc2snc3ccccc23)c(Cl)cc1/N=C\N(C)C. The lowest BCUT2D eigenvalue weighted by atomic mass is 10.2. The number of benzene rings is 2. The lowest BCUT2D eigenvalue weighted by Crippen LogP contribution is -2.07. The number of fused-ring (bicyclic) bond motifs is 1. The molecule has 0 aliphatic rings. The number of hydrogen-bond donors (Lipinski definition) is 0. The molecule has 0 saturated carbocycles. The van der Waals surface area contributed by atoms with E-state index >= 15 is 0 Å². The highest BCUT2D eigenvalue weighted by atomic mass is 35.5. The van der Waals surface area contributed by atoms with E-state index in [4.69, 9.17) is 16.3 Å². The van der Waals surface area contributed by atoms with Crippen molar-refractivity contribution in [2.45, 2.75) is 6.92 Å². The second-order valence-corrected chi connectivity index (χ2v) is 6.51. The highest BCUT2D eigenvalue weighted by Crippen LogP contribution is 2.39. The van der Waals surface area contributed by atoms with Crippen LogP contribution in [0.1, 0.15) is 5.56 Å². The molecule has 0 amide bonds. The summed E-state index contributed by atoms with van der Waals surface area (Å²) in [6.45, 7) is 1.98. The van der Waals surface area contributed by atoms with Crippen LogP contribution in [-0.4, -0.2) is 29.7 Å². The third-order valence-electron chi connectivity index (χ3n) is 3.23. The molecule has 0 aliphatic heterocycles. The van der Waals surface area contributed by atoms with Crippen LogP contribution in [0.3, 0.4) is 0 Å². The summed E-state index contributed by atoms with van der Waals surface area (Å²) in [5.74, 6) is 0.613. The Bertz CT molecular complexity index is 873. The zero-order valence-corrected chi connectivity index (χ0v) is 14.6. The first-order valence-electron chi connectivity index (χ1n) is 7.07. The summed E-state index contributed by atoms with van der Waals surface area (Å²) in [6, 6.07) is 11.6. The standard InChI is InChI=1S/C17H16ClN3OS/c1-11-8-16(13(18)9-15(11)19-10-21(2)3)22-17-12-6-4-5-7-14(12)20-23-17/h4-10H,1-3H3/b19-10-. The Morgan fingerprint density at radius 3 is 2.83 bits per heavy atom. The van der Waals surface area contributed by atoms with Crippen molar-refractivity contribution in [2.75, 3.05) is 14.1 Å². The van der Waals surface area contributed by atoms with Gasteiger partial charge >= 0.3 is 0 Å². The zero-order chi connectivity index (χ0) is 16.4. The van der Waals surface area contributed by atoms with Gasteiger partial charge in [-0.05, 0) is 36.8 Å². The summed E-state index contributed by atoms with van der Waals surface area (Å²) < 4.78 is 10.4. The van der Waals surface area contributed by atoms with E-state index in [0.29, 0.717) is 10.8 Å². The van der Waals surface area contributed by atoms with E-state index < -0.39 is 0 Å². The highest BCUT2D eigenvalue weighted by Gasteiger charge is 2.12. The number of aryl methyl sites for hydroxylation is 1. The summed E-state index contributed by atoms with van der Waals surface area (Å²) in [5, 5.41) is 2.26. The molecule has 23 heavy (non-hydrogen) atoms. The lowest BCUT2D eigenvalue weighted by Gasteiger charge is -2.09. The van der Waals surface area contributed by atoms with Crippen molar-refractivity contribution in [2.24, 2.45) is 4.99 Å². The van der Waals surface area contributed by atoms with Crippen molar-refractivity contribution in [1.29, 1.82) is 0 Å². The predicted octanol–water partition coefficient (Wildman–Crippen LogP) is 5.27. The first-order chi connectivity index (χ1) is 11.0. The Balaban J connectivity index is 1.93. The van der Waals surface area contributed by atoms with Crippen LogP contribution in [-0.2, 0) is 0 Å². The van der Waals surface area contributed by atoms with Crippen LogP contribution in [0.2, 0.25) is 5.02 Å². The molecule has 6 heteroatoms. The van der Waals surface area contributed by atoms with Crippen molar-refractivity contribution < 1.29 is 4.74 Å². The number of rotatable bonds is 4. The maximum atomic E-state index is 6.36. The van der Waals surface area contributed by atoms with E-state index in [0.717, 1.165) is 27.2 Å². The molecule has 2 aromatic carbocycles. The Labute approximate surface area is 144 Å². The summed E-state index contributed by atoms with van der Waals surface area (Å²) in [4.78, 5) is 6.28. The van der Waals surface area contributed by atoms with Gasteiger partial charge in [0.05, 0.1) is 28.0 Å². The van der Waals surface area contributed by atoms with Crippen LogP contribution in [0.5, 0.6) is 10.8 Å². The van der Waals surface area contributed by atoms with Gasteiger partial charge < -0.3 is 9.64 Å². The van der Waals surface area contributed by atoms with Gasteiger partial charge in [0.2, 0.25) is 5.06 Å². The minimum atomic E-state index is 0.527. The van der Waals surface area contributed by atoms with E-state index in [-0.39, 0.29) is 0 Å². The van der Waals surface area contributed by atoms with E-state index in [1.165, 1.54) is 11.5 Å². The molecule has 0 bridgehead atoms. The normalized spacial score (nSPS) is 11.3. The number of ether oxygens (including phenoxy) is 1. The smallest absolute Gasteiger partial charge is 0.208 e. The molecule has 3 rings (SSSR count). The number of aromatic nitrogens is 1. The van der Waals surface area contributed by atoms with E-state index in [1.54, 1.807) is 6.34 Å². The molecule has 3 aromatic rings. The van der Waals surface area contributed by atoms with Crippen molar-refractivity contribution in [3.05, 3.63) is 47.0 Å². The maximum Gasteiger partial charge on any atom is 0.208 e. The highest BCUT2D eigenvalue weighted by molar-refractivity contribution is 7.09. The molecule has 4 nitrogen and oxygen atoms in total. The molecule has 0 radical (unpaired) electrons. The van der Waals surface area contributed by atoms with Crippen LogP contribution in [0.4, 0.5) is 5.69 Å². The van der Waals surface area contributed by atoms with Gasteiger partial charge in [-0.25, -0.2) is 4.99 Å². The van der Waals surface area contributed by atoms with Gasteiger partial charge in [-0.15, -0.1) is 0 Å². The van der Waals surface area contributed by atoms with Crippen LogP contribution in [0, 0.1) is 6.92 Å². The number of nitrogens with zero attached hydrogens (tertiary/aromatic N) is 3. The minimum absolute atomic E-state index is 0.527. The Hall–Kier alpha value is -2.11. The Morgan fingerprint density at radius 2 is 2.04 bits per heavy atom. The van der Waals surface area contributed by atoms with E-state index in [1.807, 2.05) is 62.3 Å². The van der Waals surface area contributed by atoms with Crippen molar-refractivity contribution >= 4 is 46.1 Å². The molecule has 0 atom stereocenters. The van der Waals surface area contributed by atoms with Gasteiger partial charge in [0.25, 0.3) is 0 Å². The Morgan fingerprint density at radius 1 is 1.26 bits per heavy atom. The zero-order valence-electron chi connectivity index (χ0n) is 13.1. The summed E-state index contributed by atoms with van der Waals surface area (Å²) in [5.41, 5.74) is 2.74. The molecule has 0 spiro atoms. The third-order valence-corrected chi connectivity index (χ3v) is 4.28. The summed E-state index contributed by atoms with van der Waals surface area (Å²) in [7, 11) is 3.85. The monoisotopic (exact) mass is 345 g/mol. The number of hydrogen-bond acceptors (Lipinski definition) is 4. The first kappa shape index (κ1) is 15.8. The van der Waals surface area contributed by atoms with Crippen molar-refractivity contribution in [3.63, 3.8) is 0 Å². The van der Waals surface area contributed by atoms with E-state index in [2.05, 4.69) is 9.37 Å². The topological polar surface area (TPSA) is 37.7 Å². The second-order valence-electron chi connectivity index (χ2n) is 5.37. The average Bonchev–Trinajstić information content (AvgIpc) is 2.92. The average molecular weight is 346 g/mol. The fourth-order valence-electron chi connectivity index (χ4n) is 2.08. The van der Waals surface area contributed by atoms with Crippen molar-refractivity contribution in [3.8, 4) is 10.8 Å². The van der Waals surface area contributed by atoms with Crippen LogP contribution >= 0.6 is 23.1 Å². The maximum absolute atomic E-state index is 6.36. The van der Waals surface area contributed by atoms with Gasteiger partial charge in [0, 0.05) is 25.6 Å². The van der Waals surface area contributed by atoms with Gasteiger partial charge in [-0.1, -0.05) is 23.7 Å². The largest absolute Gasteiger partial charge is 0.443 e. The molecule has 1 heterocycles. The van der Waals surface area contributed by atoms with Gasteiger partial charge in [-0.3, -0.25) is 0 Å². The first-order valence-corrected chi connectivity index (χ1v) is 8.23. The molecule has 0 aliphatic carbocycles. The molecule has 0 fully saturated rings. The second kappa shape index (κ2) is 6.56. The number of aliphatic imine (C=N–C) groups is 1. The summed E-state index contributed by atoms with van der Waals surface area (Å²) in [6.07, 6.45) is 1.75. The van der Waals surface area contributed by atoms with Crippen LogP contribution in [0.25, 0.3) is 10.9 Å². The van der Waals surface area contributed by atoms with Crippen molar-refractivity contribution in [1.82, 2.24) is 9.27 Å². The Kier molecular flexibility index (Phi) is 4.50. The fraction of sp³-hybridized carbons (Fsp3) is 0.176. The van der Waals surface area contributed by atoms with Gasteiger partial charge in [0.1, 0.15) is 5.75 Å². The molecule has 0 saturated heterocycles. The number of halogens is 1. The van der Waals surface area contributed by atoms with E-state index in [9.17, 15) is 0 Å². The third kappa shape index (κ3) is 3.46. The lowest BCUT2D eigenvalue weighted by molar-refractivity contribution is 0.501. The molecule has 118 valence electrons. The fourth-order valence-corrected chi connectivity index (χ4v) is 3.01. The van der Waals surface area contributed by atoms with Gasteiger partial charge in [-0.2, -0.15) is 4.37 Å². The molecule has 0 unspecified atom stereocenters. The summed E-state index contributed by atoms with van der Waals surface area (Å²) >= 11 is 7.68. The van der Waals surface area contributed by atoms with Gasteiger partial charge in [0.15, 0.2) is 0 Å². The van der Waals surface area contributed by atoms with Crippen LogP contribution < -0.4 is 4.74 Å². The molecular weight excluding hydrogens is 330 g/mol. The van der Waals surface area contributed by atoms with Crippen LogP contribution in [0.15, 0.2) is 41.4 Å². The molecule has 1 aromatic heterocycles. The quantitative estimate of drug-likeness (QED) is 0.477.